The van der Waals surface area contributed by atoms with Crippen molar-refractivity contribution < 1.29 is 14.8 Å². The van der Waals surface area contributed by atoms with Gasteiger partial charge in [0.25, 0.3) is 5.69 Å². The van der Waals surface area contributed by atoms with Gasteiger partial charge in [-0.25, -0.2) is 0 Å². The van der Waals surface area contributed by atoms with Crippen LogP contribution in [0.15, 0.2) is 12.1 Å². The summed E-state index contributed by atoms with van der Waals surface area (Å²) in [6.07, 6.45) is 0.313. The SMILES string of the molecule is COc1cc([N+](=O)[O-])cc(N)c1CCO. The number of nitrogens with two attached hydrogens (primary N) is 1. The molecule has 0 aromatic heterocycles. The van der Waals surface area contributed by atoms with Crippen molar-refractivity contribution in [3.63, 3.8) is 0 Å². The molecule has 82 valence electrons. The van der Waals surface area contributed by atoms with E-state index in [0.717, 1.165) is 0 Å². The highest BCUT2D eigenvalue weighted by Crippen LogP contribution is 2.30. The normalized spacial score (nSPS) is 10.0. The molecule has 1 aromatic rings. The zero-order chi connectivity index (χ0) is 11.4. The third kappa shape index (κ3) is 2.35. The Balaban J connectivity index is 3.24. The Labute approximate surface area is 86.4 Å². The molecule has 0 saturated heterocycles. The van der Waals surface area contributed by atoms with Crippen LogP contribution in [0.1, 0.15) is 5.56 Å². The van der Waals surface area contributed by atoms with Gasteiger partial charge in [0.15, 0.2) is 0 Å². The maximum absolute atomic E-state index is 10.5. The summed E-state index contributed by atoms with van der Waals surface area (Å²) in [4.78, 5) is 10.00. The van der Waals surface area contributed by atoms with Gasteiger partial charge in [0.05, 0.1) is 18.1 Å². The summed E-state index contributed by atoms with van der Waals surface area (Å²) in [5, 5.41) is 19.3. The molecule has 6 nitrogen and oxygen atoms in total. The van der Waals surface area contributed by atoms with Crippen LogP contribution in [0.4, 0.5) is 11.4 Å². The van der Waals surface area contributed by atoms with Crippen LogP contribution in [0, 0.1) is 10.1 Å². The Bertz CT molecular complexity index is 379. The summed E-state index contributed by atoms with van der Waals surface area (Å²) in [7, 11) is 1.40. The molecule has 1 aromatic carbocycles. The van der Waals surface area contributed by atoms with Crippen LogP contribution in [0.25, 0.3) is 0 Å². The predicted molar refractivity (Wildman–Crippen MR) is 54.9 cm³/mol. The van der Waals surface area contributed by atoms with E-state index in [-0.39, 0.29) is 18.0 Å². The van der Waals surface area contributed by atoms with Gasteiger partial charge in [0, 0.05) is 30.3 Å². The van der Waals surface area contributed by atoms with Crippen LogP contribution in [-0.2, 0) is 6.42 Å². The molecule has 15 heavy (non-hydrogen) atoms. The maximum atomic E-state index is 10.5. The minimum absolute atomic E-state index is 0.0849. The topological polar surface area (TPSA) is 98.6 Å². The van der Waals surface area contributed by atoms with E-state index >= 15 is 0 Å². The number of nitro benzene ring substituents is 1. The van der Waals surface area contributed by atoms with Gasteiger partial charge >= 0.3 is 0 Å². The zero-order valence-corrected chi connectivity index (χ0v) is 8.27. The second-order valence-electron chi connectivity index (χ2n) is 2.95. The molecule has 6 heteroatoms. The number of nitrogens with zero attached hydrogens (tertiary/aromatic N) is 1. The van der Waals surface area contributed by atoms with Crippen molar-refractivity contribution in [1.29, 1.82) is 0 Å². The van der Waals surface area contributed by atoms with Crippen molar-refractivity contribution in [2.24, 2.45) is 0 Å². The number of aliphatic hydroxyl groups is 1. The number of benzene rings is 1. The summed E-state index contributed by atoms with van der Waals surface area (Å²) >= 11 is 0. The number of non-ortho nitro benzene ring substituents is 1. The van der Waals surface area contributed by atoms with E-state index in [0.29, 0.717) is 17.7 Å². The van der Waals surface area contributed by atoms with Crippen molar-refractivity contribution in [2.45, 2.75) is 6.42 Å². The minimum atomic E-state index is -0.540. The third-order valence-electron chi connectivity index (χ3n) is 2.02. The lowest BCUT2D eigenvalue weighted by atomic mass is 10.1. The van der Waals surface area contributed by atoms with Gasteiger partial charge in [-0.3, -0.25) is 10.1 Å². The minimum Gasteiger partial charge on any atom is -0.496 e. The van der Waals surface area contributed by atoms with Gasteiger partial charge in [-0.1, -0.05) is 0 Å². The average Bonchev–Trinajstić information content (AvgIpc) is 2.20. The molecule has 0 bridgehead atoms. The second-order valence-corrected chi connectivity index (χ2v) is 2.95. The standard InChI is InChI=1S/C9H12N2O4/c1-15-9-5-6(11(13)14)4-8(10)7(9)2-3-12/h4-5,12H,2-3,10H2,1H3. The maximum Gasteiger partial charge on any atom is 0.275 e. The Kier molecular flexibility index (Phi) is 3.46. The Morgan fingerprint density at radius 2 is 2.27 bits per heavy atom. The van der Waals surface area contributed by atoms with Crippen LogP contribution in [0.5, 0.6) is 5.75 Å². The molecule has 0 fully saturated rings. The van der Waals surface area contributed by atoms with E-state index in [1.54, 1.807) is 0 Å². The second kappa shape index (κ2) is 4.61. The molecule has 0 unspecified atom stereocenters. The number of anilines is 1. The molecule has 0 spiro atoms. The lowest BCUT2D eigenvalue weighted by molar-refractivity contribution is -0.384. The summed E-state index contributed by atoms with van der Waals surface area (Å²) < 4.78 is 4.97. The monoisotopic (exact) mass is 212 g/mol. The summed E-state index contributed by atoms with van der Waals surface area (Å²) in [6, 6.07) is 2.55. The molecule has 0 amide bonds. The molecule has 0 aliphatic heterocycles. The van der Waals surface area contributed by atoms with Crippen LogP contribution < -0.4 is 10.5 Å². The van der Waals surface area contributed by atoms with E-state index in [9.17, 15) is 10.1 Å². The smallest absolute Gasteiger partial charge is 0.275 e. The summed E-state index contributed by atoms with van der Waals surface area (Å²) in [5.41, 5.74) is 6.35. The van der Waals surface area contributed by atoms with Gasteiger partial charge in [0.1, 0.15) is 5.75 Å². The zero-order valence-electron chi connectivity index (χ0n) is 8.27. The molecule has 0 atom stereocenters. The van der Waals surface area contributed by atoms with Crippen molar-refractivity contribution in [3.05, 3.63) is 27.8 Å². The molecule has 0 aliphatic rings. The number of ether oxygens (including phenoxy) is 1. The fourth-order valence-corrected chi connectivity index (χ4v) is 1.32. The van der Waals surface area contributed by atoms with Crippen LogP contribution in [0.2, 0.25) is 0 Å². The van der Waals surface area contributed by atoms with Crippen LogP contribution in [0.3, 0.4) is 0 Å². The number of hydrogen-bond acceptors (Lipinski definition) is 5. The van der Waals surface area contributed by atoms with E-state index in [4.69, 9.17) is 15.6 Å². The van der Waals surface area contributed by atoms with Crippen LogP contribution >= 0.6 is 0 Å². The van der Waals surface area contributed by atoms with E-state index in [1.807, 2.05) is 0 Å². The molecule has 0 heterocycles. The van der Waals surface area contributed by atoms with Gasteiger partial charge in [-0.2, -0.15) is 0 Å². The first-order valence-corrected chi connectivity index (χ1v) is 4.31. The quantitative estimate of drug-likeness (QED) is 0.435. The molecule has 0 radical (unpaired) electrons. The van der Waals surface area contributed by atoms with Gasteiger partial charge in [-0.15, -0.1) is 0 Å². The lowest BCUT2D eigenvalue weighted by Crippen LogP contribution is -2.02. The predicted octanol–water partition coefficient (Wildman–Crippen LogP) is 0.720. The first kappa shape index (κ1) is 11.3. The molecular formula is C9H12N2O4. The van der Waals surface area contributed by atoms with Gasteiger partial charge in [0.2, 0.25) is 0 Å². The van der Waals surface area contributed by atoms with Crippen molar-refractivity contribution in [2.75, 3.05) is 19.5 Å². The number of nitrogen functional groups attached to an aromatic ring is 1. The van der Waals surface area contributed by atoms with Crippen LogP contribution in [-0.4, -0.2) is 23.7 Å². The highest BCUT2D eigenvalue weighted by molar-refractivity contribution is 5.61. The molecular weight excluding hydrogens is 200 g/mol. The lowest BCUT2D eigenvalue weighted by Gasteiger charge is -2.09. The fourth-order valence-electron chi connectivity index (χ4n) is 1.32. The number of rotatable bonds is 4. The van der Waals surface area contributed by atoms with Gasteiger partial charge in [-0.05, 0) is 0 Å². The van der Waals surface area contributed by atoms with Crippen molar-refractivity contribution >= 4 is 11.4 Å². The third-order valence-corrected chi connectivity index (χ3v) is 2.02. The average molecular weight is 212 g/mol. The fraction of sp³-hybridized carbons (Fsp3) is 0.333. The van der Waals surface area contributed by atoms with Crippen molar-refractivity contribution in [1.82, 2.24) is 0 Å². The number of aliphatic hydroxyl groups excluding tert-OH is 1. The van der Waals surface area contributed by atoms with Gasteiger partial charge < -0.3 is 15.6 Å². The highest BCUT2D eigenvalue weighted by Gasteiger charge is 2.14. The number of nitro groups is 1. The Morgan fingerprint density at radius 3 is 2.73 bits per heavy atom. The van der Waals surface area contributed by atoms with E-state index < -0.39 is 4.92 Å². The molecule has 1 rings (SSSR count). The molecule has 0 aliphatic carbocycles. The van der Waals surface area contributed by atoms with Crippen molar-refractivity contribution in [3.8, 4) is 5.75 Å². The first-order chi connectivity index (χ1) is 7.10. The van der Waals surface area contributed by atoms with E-state index in [1.165, 1.54) is 19.2 Å². The first-order valence-electron chi connectivity index (χ1n) is 4.31. The number of methoxy groups -OCH3 is 1. The Morgan fingerprint density at radius 1 is 1.60 bits per heavy atom. The number of hydrogen-bond donors (Lipinski definition) is 2. The molecule has 3 N–H and O–H groups in total. The molecule has 0 saturated carbocycles. The largest absolute Gasteiger partial charge is 0.496 e. The summed E-state index contributed by atoms with van der Waals surface area (Å²) in [5.74, 6) is 0.329. The van der Waals surface area contributed by atoms with E-state index in [2.05, 4.69) is 0 Å². The summed E-state index contributed by atoms with van der Waals surface area (Å²) in [6.45, 7) is -0.0849. The highest BCUT2D eigenvalue weighted by atomic mass is 16.6. The Hall–Kier alpha value is -1.82.